The van der Waals surface area contributed by atoms with Crippen molar-refractivity contribution in [3.05, 3.63) is 105 Å². The van der Waals surface area contributed by atoms with E-state index in [9.17, 15) is 48.5 Å². The van der Waals surface area contributed by atoms with E-state index in [1.165, 1.54) is 73.1 Å². The first-order valence-electron chi connectivity index (χ1n) is 20.3. The van der Waals surface area contributed by atoms with Gasteiger partial charge in [0.05, 0.1) is 73.0 Å². The summed E-state index contributed by atoms with van der Waals surface area (Å²) in [7, 11) is -9.69. The molecule has 34 nitrogen and oxygen atoms in total. The van der Waals surface area contributed by atoms with Crippen LogP contribution in [0.5, 0.6) is 0 Å². The molecule has 2 aliphatic rings. The Bertz CT molecular complexity index is 2520. The van der Waals surface area contributed by atoms with Crippen molar-refractivity contribution in [2.45, 2.75) is 11.1 Å². The summed E-state index contributed by atoms with van der Waals surface area (Å²) in [6.07, 6.45) is 2.35. The fraction of sp³-hybridized carbons (Fsp3) is 0.316. The summed E-state index contributed by atoms with van der Waals surface area (Å²) in [4.78, 5) is 104. The molecule has 0 radical (unpaired) electrons. The largest absolute Gasteiger partial charge is 0.471 e. The molecule has 2 aromatic heterocycles. The number of nitrogens with two attached hydrogens (primary N) is 2. The fourth-order valence-corrected chi connectivity index (χ4v) is 5.49. The van der Waals surface area contributed by atoms with E-state index in [-0.39, 0.29) is 22.9 Å². The lowest BCUT2D eigenvalue weighted by Gasteiger charge is -2.20. The van der Waals surface area contributed by atoms with Crippen molar-refractivity contribution in [1.82, 2.24) is 19.8 Å². The van der Waals surface area contributed by atoms with Crippen molar-refractivity contribution in [1.29, 1.82) is 0 Å². The van der Waals surface area contributed by atoms with Gasteiger partial charge < -0.3 is 70.5 Å². The van der Waals surface area contributed by atoms with Crippen LogP contribution in [0.2, 0.25) is 0 Å². The molecule has 14 N–H and O–H groups in total. The third-order valence-corrected chi connectivity index (χ3v) is 10.2. The lowest BCUT2D eigenvalue weighted by atomic mass is 10.1. The van der Waals surface area contributed by atoms with Gasteiger partial charge in [-0.25, -0.2) is 38.5 Å². The summed E-state index contributed by atoms with van der Waals surface area (Å²) < 4.78 is 40.8. The first-order valence-corrected chi connectivity index (χ1v) is 23.3. The van der Waals surface area contributed by atoms with Crippen LogP contribution >= 0.6 is 15.6 Å². The number of urea groups is 2. The summed E-state index contributed by atoms with van der Waals surface area (Å²) in [6.45, 7) is -5.09. The summed E-state index contributed by atoms with van der Waals surface area (Å²) in [5.74, 6) is -0.200. The smallest absolute Gasteiger partial charge is 0.455 e. The number of aliphatic hydroxyl groups excluding tert-OH is 6. The van der Waals surface area contributed by atoms with E-state index >= 15 is 0 Å². The van der Waals surface area contributed by atoms with Gasteiger partial charge in [0.2, 0.25) is 0 Å². The number of hydrogen-bond donors (Lipinski definition) is 12. The summed E-state index contributed by atoms with van der Waals surface area (Å²) >= 11 is 0. The Morgan fingerprint density at radius 3 is 1.11 bits per heavy atom. The quantitative estimate of drug-likeness (QED) is 0.0155. The zero-order chi connectivity index (χ0) is 55.6. The molecule has 2 fully saturated rings. The van der Waals surface area contributed by atoms with Crippen LogP contribution in [-0.4, -0.2) is 193 Å². The van der Waals surface area contributed by atoms with Crippen LogP contribution < -0.4 is 11.5 Å². The predicted molar refractivity (Wildman–Crippen MR) is 247 cm³/mol. The maximum atomic E-state index is 12.1. The molecule has 36 heteroatoms. The third kappa shape index (κ3) is 18.8. The number of benzene rings is 2. The highest BCUT2D eigenvalue weighted by atomic mass is 31.2. The number of carbonyl (C=O) groups excluding carboxylic acids is 4. The number of non-ortho nitro benzene ring substituents is 2. The molecule has 0 spiro atoms. The van der Waals surface area contributed by atoms with Gasteiger partial charge in [-0.05, 0) is 48.5 Å². The number of phosphoric ester groups is 2. The van der Waals surface area contributed by atoms with E-state index in [1.54, 1.807) is 12.1 Å². The molecule has 6 amide bonds. The number of carbonyl (C=O) groups is 4. The normalized spacial score (nSPS) is 14.3. The van der Waals surface area contributed by atoms with Crippen molar-refractivity contribution in [2.24, 2.45) is 21.7 Å². The Balaban J connectivity index is 0.000000302. The lowest BCUT2D eigenvalue weighted by Crippen LogP contribution is -2.50. The van der Waals surface area contributed by atoms with E-state index < -0.39 is 127 Å². The minimum atomic E-state index is -4.84. The molecule has 0 bridgehead atoms. The standard InChI is InChI=1S/2C15H13N4O9P.2C4H11NO3/c2*20-14-8-18(15(21)17(14)9-27-29(24,25)26)16-7-12-5-6-13(28-12)10-1-3-11(4-2-10)19(22)23;2*5-4(1-6,2-7)3-8/h2*1-7H,8-9H2,(H2,24,25,26);2*6-8H,1-3,5H2/b2*16-7+;;. The number of rotatable bonds is 20. The zero-order valence-corrected chi connectivity index (χ0v) is 39.8. The minimum Gasteiger partial charge on any atom is -0.455 e. The fourth-order valence-electron chi connectivity index (χ4n) is 4.96. The van der Waals surface area contributed by atoms with Crippen molar-refractivity contribution in [3.63, 3.8) is 0 Å². The number of phosphoric acid groups is 2. The highest BCUT2D eigenvalue weighted by molar-refractivity contribution is 7.46. The van der Waals surface area contributed by atoms with E-state index in [4.69, 9.17) is 70.5 Å². The molecule has 404 valence electrons. The van der Waals surface area contributed by atoms with Crippen LogP contribution in [0.4, 0.5) is 21.0 Å². The van der Waals surface area contributed by atoms with E-state index in [0.29, 0.717) is 32.4 Å². The van der Waals surface area contributed by atoms with Crippen molar-refractivity contribution >= 4 is 63.3 Å². The zero-order valence-electron chi connectivity index (χ0n) is 38.0. The Hall–Kier alpha value is -7.08. The number of amides is 6. The summed E-state index contributed by atoms with van der Waals surface area (Å²) in [6, 6.07) is 15.8. The van der Waals surface area contributed by atoms with Gasteiger partial charge >= 0.3 is 27.7 Å². The number of nitro groups is 2. The predicted octanol–water partition coefficient (Wildman–Crippen LogP) is -1.64. The molecule has 4 heterocycles. The van der Waals surface area contributed by atoms with Gasteiger partial charge in [0, 0.05) is 35.4 Å². The van der Waals surface area contributed by atoms with Gasteiger partial charge in [-0.3, -0.25) is 38.9 Å². The Labute approximate surface area is 414 Å². The Morgan fingerprint density at radius 2 is 0.865 bits per heavy atom. The third-order valence-electron chi connectivity index (χ3n) is 9.30. The van der Waals surface area contributed by atoms with Gasteiger partial charge in [0.1, 0.15) is 49.6 Å². The van der Waals surface area contributed by atoms with Crippen molar-refractivity contribution < 1.29 is 106 Å². The Morgan fingerprint density at radius 1 is 0.568 bits per heavy atom. The number of nitro benzene ring substituents is 2. The summed E-state index contributed by atoms with van der Waals surface area (Å²) in [5, 5.41) is 80.6. The number of nitrogens with zero attached hydrogens (tertiary/aromatic N) is 8. The molecule has 0 unspecified atom stereocenters. The molecule has 2 aliphatic heterocycles. The maximum Gasteiger partial charge on any atom is 0.471 e. The Kier molecular flexibility index (Phi) is 22.6. The molecule has 4 aromatic rings. The topological polar surface area (TPSA) is 525 Å². The van der Waals surface area contributed by atoms with Crippen LogP contribution in [0.25, 0.3) is 22.6 Å². The van der Waals surface area contributed by atoms with Crippen LogP contribution in [-0.2, 0) is 27.8 Å². The molecular weight excluding hydrogens is 1040 g/mol. The molecule has 2 saturated heterocycles. The van der Waals surface area contributed by atoms with Gasteiger partial charge in [-0.2, -0.15) is 10.2 Å². The van der Waals surface area contributed by atoms with Gasteiger partial charge in [-0.15, -0.1) is 0 Å². The second kappa shape index (κ2) is 27.3. The van der Waals surface area contributed by atoms with Crippen LogP contribution in [0.3, 0.4) is 0 Å². The van der Waals surface area contributed by atoms with Gasteiger partial charge in [-0.1, -0.05) is 0 Å². The average molecular weight is 1090 g/mol. The van der Waals surface area contributed by atoms with Gasteiger partial charge in [0.25, 0.3) is 23.2 Å². The number of hydrazone groups is 2. The molecule has 0 aliphatic carbocycles. The SMILES string of the molecule is NC(CO)(CO)CO.NC(CO)(CO)CO.O=C1CN(/N=C/c2ccc(-c3ccc([N+](=O)[O-])cc3)o2)C(=O)N1COP(=O)(O)O.O=C1CN(/N=C/c2ccc(-c3ccc([N+](=O)[O-])cc3)o2)C(=O)N1COP(=O)(O)O. The van der Waals surface area contributed by atoms with E-state index in [0.717, 1.165) is 10.0 Å². The second-order valence-corrected chi connectivity index (χ2v) is 17.5. The first-order chi connectivity index (χ1) is 34.6. The van der Waals surface area contributed by atoms with Crippen LogP contribution in [0, 0.1) is 20.2 Å². The second-order valence-electron chi connectivity index (χ2n) is 15.0. The number of aliphatic hydroxyl groups is 6. The van der Waals surface area contributed by atoms with E-state index in [2.05, 4.69) is 19.3 Å². The average Bonchev–Trinajstić information content (AvgIpc) is 4.17. The van der Waals surface area contributed by atoms with E-state index in [1.807, 2.05) is 0 Å². The maximum absolute atomic E-state index is 12.1. The van der Waals surface area contributed by atoms with Gasteiger partial charge in [0.15, 0.2) is 0 Å². The molecule has 0 atom stereocenters. The number of imide groups is 2. The van der Waals surface area contributed by atoms with Crippen molar-refractivity contribution in [3.8, 4) is 22.6 Å². The number of furan rings is 2. The number of hydrogen-bond acceptors (Lipinski definition) is 24. The lowest BCUT2D eigenvalue weighted by molar-refractivity contribution is -0.385. The van der Waals surface area contributed by atoms with Crippen molar-refractivity contribution in [2.75, 3.05) is 66.2 Å². The molecular formula is C38H48N10O24P2. The van der Waals surface area contributed by atoms with Crippen LogP contribution in [0.15, 0.2) is 91.8 Å². The van der Waals surface area contributed by atoms with Crippen LogP contribution in [0.1, 0.15) is 11.5 Å². The monoisotopic (exact) mass is 1090 g/mol. The highest BCUT2D eigenvalue weighted by Gasteiger charge is 2.39. The molecule has 6 rings (SSSR count). The highest BCUT2D eigenvalue weighted by Crippen LogP contribution is 2.37. The molecule has 74 heavy (non-hydrogen) atoms. The molecule has 2 aromatic carbocycles. The molecule has 0 saturated carbocycles. The minimum absolute atomic E-state index is 0.0633. The first kappa shape index (κ1) is 61.2. The summed E-state index contributed by atoms with van der Waals surface area (Å²) in [5.41, 5.74) is 8.92.